The van der Waals surface area contributed by atoms with E-state index in [0.717, 1.165) is 12.1 Å². The second-order valence-electron chi connectivity index (χ2n) is 2.67. The Labute approximate surface area is 71.8 Å². The van der Waals surface area contributed by atoms with Crippen molar-refractivity contribution < 1.29 is 17.6 Å². The number of hydrogen-bond acceptors (Lipinski definition) is 1. The lowest BCUT2D eigenvalue weighted by molar-refractivity contribution is -0.137. The first kappa shape index (κ1) is 8.16. The van der Waals surface area contributed by atoms with Gasteiger partial charge in [-0.15, -0.1) is 0 Å². The van der Waals surface area contributed by atoms with Crippen molar-refractivity contribution in [3.8, 4) is 0 Å². The van der Waals surface area contributed by atoms with Crippen LogP contribution in [0.5, 0.6) is 0 Å². The molecule has 4 heteroatoms. The molecule has 0 spiro atoms. The highest BCUT2D eigenvalue weighted by atomic mass is 19.4. The second-order valence-corrected chi connectivity index (χ2v) is 2.67. The van der Waals surface area contributed by atoms with E-state index in [9.17, 15) is 13.2 Å². The van der Waals surface area contributed by atoms with Gasteiger partial charge in [0.2, 0.25) is 0 Å². The van der Waals surface area contributed by atoms with Crippen LogP contribution in [0, 0.1) is 0 Å². The van der Waals surface area contributed by atoms with E-state index in [0.29, 0.717) is 11.0 Å². The van der Waals surface area contributed by atoms with Crippen LogP contribution in [0.2, 0.25) is 0 Å². The average Bonchev–Trinajstić information content (AvgIpc) is 2.47. The van der Waals surface area contributed by atoms with Gasteiger partial charge in [0.1, 0.15) is 5.58 Å². The first-order valence-electron chi connectivity index (χ1n) is 3.62. The fraction of sp³-hybridized carbons (Fsp3) is 0.111. The number of alkyl halides is 3. The lowest BCUT2D eigenvalue weighted by Gasteiger charge is -2.04. The van der Waals surface area contributed by atoms with Crippen LogP contribution in [-0.4, -0.2) is 0 Å². The second kappa shape index (κ2) is 2.52. The highest BCUT2D eigenvalue weighted by Crippen LogP contribution is 2.31. The molecule has 0 aliphatic carbocycles. The zero-order valence-corrected chi connectivity index (χ0v) is 6.43. The van der Waals surface area contributed by atoms with Crippen LogP contribution in [0.4, 0.5) is 13.2 Å². The Morgan fingerprint density at radius 1 is 1.08 bits per heavy atom. The molecule has 0 aliphatic heterocycles. The Morgan fingerprint density at radius 3 is 2.54 bits per heavy atom. The van der Waals surface area contributed by atoms with E-state index in [-0.39, 0.29) is 0 Å². The Hall–Kier alpha value is -1.45. The van der Waals surface area contributed by atoms with Gasteiger partial charge in [-0.1, -0.05) is 0 Å². The summed E-state index contributed by atoms with van der Waals surface area (Å²) in [4.78, 5) is 0. The first-order chi connectivity index (χ1) is 6.07. The molecule has 0 unspecified atom stereocenters. The van der Waals surface area contributed by atoms with E-state index in [1.165, 1.54) is 18.4 Å². The van der Waals surface area contributed by atoms with Crippen molar-refractivity contribution in [3.63, 3.8) is 0 Å². The zero-order chi connectivity index (χ0) is 9.47. The Balaban J connectivity index is 2.61. The van der Waals surface area contributed by atoms with Crippen LogP contribution in [0.15, 0.2) is 34.9 Å². The molecular weight excluding hydrogens is 181 g/mol. The minimum atomic E-state index is -4.29. The van der Waals surface area contributed by atoms with E-state index in [1.54, 1.807) is 0 Å². The van der Waals surface area contributed by atoms with Crippen LogP contribution in [0.25, 0.3) is 11.0 Å². The summed E-state index contributed by atoms with van der Waals surface area (Å²) in [6.07, 6.45) is -2.92. The summed E-state index contributed by atoms with van der Waals surface area (Å²) in [5.74, 6) is 0. The van der Waals surface area contributed by atoms with E-state index in [4.69, 9.17) is 4.42 Å². The molecule has 1 aromatic heterocycles. The van der Waals surface area contributed by atoms with Gasteiger partial charge in [0.15, 0.2) is 0 Å². The molecule has 1 aromatic carbocycles. The molecule has 0 amide bonds. The molecule has 1 heterocycles. The molecule has 0 radical (unpaired) electrons. The van der Waals surface area contributed by atoms with Gasteiger partial charge < -0.3 is 4.42 Å². The summed E-state index contributed by atoms with van der Waals surface area (Å²) in [5.41, 5.74) is -0.186. The van der Waals surface area contributed by atoms with Crippen LogP contribution < -0.4 is 0 Å². The van der Waals surface area contributed by atoms with Gasteiger partial charge in [-0.25, -0.2) is 0 Å². The van der Waals surface area contributed by atoms with Crippen LogP contribution in [0.3, 0.4) is 0 Å². The summed E-state index contributed by atoms with van der Waals surface area (Å²) in [7, 11) is 0. The van der Waals surface area contributed by atoms with Crippen molar-refractivity contribution in [1.29, 1.82) is 0 Å². The van der Waals surface area contributed by atoms with E-state index < -0.39 is 11.7 Å². The monoisotopic (exact) mass is 186 g/mol. The molecular formula is C9H5F3O. The summed E-state index contributed by atoms with van der Waals surface area (Å²) in [5, 5.41) is 0.467. The highest BCUT2D eigenvalue weighted by Gasteiger charge is 2.30. The number of benzene rings is 1. The predicted molar refractivity (Wildman–Crippen MR) is 41.2 cm³/mol. The maximum absolute atomic E-state index is 12.2. The molecule has 0 saturated heterocycles. The summed E-state index contributed by atoms with van der Waals surface area (Å²) >= 11 is 0. The van der Waals surface area contributed by atoms with Gasteiger partial charge in [-0.2, -0.15) is 13.2 Å². The zero-order valence-electron chi connectivity index (χ0n) is 6.43. The van der Waals surface area contributed by atoms with Crippen LogP contribution in [-0.2, 0) is 6.18 Å². The van der Waals surface area contributed by atoms with Gasteiger partial charge in [-0.3, -0.25) is 0 Å². The predicted octanol–water partition coefficient (Wildman–Crippen LogP) is 3.45. The number of fused-ring (bicyclic) bond motifs is 1. The van der Waals surface area contributed by atoms with E-state index in [1.807, 2.05) is 0 Å². The van der Waals surface area contributed by atoms with Gasteiger partial charge >= 0.3 is 6.18 Å². The molecule has 13 heavy (non-hydrogen) atoms. The molecule has 0 N–H and O–H groups in total. The molecule has 2 aromatic rings. The largest absolute Gasteiger partial charge is 0.464 e. The lowest BCUT2D eigenvalue weighted by atomic mass is 10.1. The smallest absolute Gasteiger partial charge is 0.416 e. The summed E-state index contributed by atoms with van der Waals surface area (Å²) in [6, 6.07) is 4.90. The third-order valence-corrected chi connectivity index (χ3v) is 1.78. The molecule has 0 bridgehead atoms. The maximum atomic E-state index is 12.2. The normalized spacial score (nSPS) is 12.2. The topological polar surface area (TPSA) is 13.1 Å². The van der Waals surface area contributed by atoms with Gasteiger partial charge in [-0.05, 0) is 24.3 Å². The number of furan rings is 1. The minimum absolute atomic E-state index is 0.466. The molecule has 0 aliphatic rings. The van der Waals surface area contributed by atoms with Gasteiger partial charge in [0.25, 0.3) is 0 Å². The Morgan fingerprint density at radius 2 is 1.85 bits per heavy atom. The number of halogens is 3. The fourth-order valence-electron chi connectivity index (χ4n) is 1.14. The van der Waals surface area contributed by atoms with Crippen molar-refractivity contribution in [2.75, 3.05) is 0 Å². The third kappa shape index (κ3) is 1.39. The summed E-state index contributed by atoms with van der Waals surface area (Å²) < 4.78 is 41.5. The van der Waals surface area contributed by atoms with E-state index in [2.05, 4.69) is 0 Å². The standard InChI is InChI=1S/C9H5F3O/c10-9(11,12)7-1-2-8-6(5-7)3-4-13-8/h1-5H. The van der Waals surface area contributed by atoms with E-state index >= 15 is 0 Å². The molecule has 0 atom stereocenters. The number of rotatable bonds is 0. The van der Waals surface area contributed by atoms with Crippen molar-refractivity contribution in [2.24, 2.45) is 0 Å². The maximum Gasteiger partial charge on any atom is 0.416 e. The van der Waals surface area contributed by atoms with Crippen LogP contribution in [0.1, 0.15) is 5.56 Å². The SMILES string of the molecule is FC(F)(F)c1ccc2occc2c1. The third-order valence-electron chi connectivity index (χ3n) is 1.78. The summed E-state index contributed by atoms with van der Waals surface area (Å²) in [6.45, 7) is 0. The Kier molecular flexibility index (Phi) is 1.58. The average molecular weight is 186 g/mol. The minimum Gasteiger partial charge on any atom is -0.464 e. The van der Waals surface area contributed by atoms with Gasteiger partial charge in [0, 0.05) is 5.39 Å². The molecule has 0 fully saturated rings. The van der Waals surface area contributed by atoms with Crippen molar-refractivity contribution >= 4 is 11.0 Å². The first-order valence-corrected chi connectivity index (χ1v) is 3.62. The van der Waals surface area contributed by atoms with Crippen molar-refractivity contribution in [2.45, 2.75) is 6.18 Å². The van der Waals surface area contributed by atoms with Crippen molar-refractivity contribution in [3.05, 3.63) is 36.1 Å². The quantitative estimate of drug-likeness (QED) is 0.614. The van der Waals surface area contributed by atoms with Crippen LogP contribution >= 0.6 is 0 Å². The molecule has 0 saturated carbocycles. The van der Waals surface area contributed by atoms with Crippen molar-refractivity contribution in [1.82, 2.24) is 0 Å². The fourth-order valence-corrected chi connectivity index (χ4v) is 1.14. The Bertz CT molecular complexity index is 428. The lowest BCUT2D eigenvalue weighted by Crippen LogP contribution is -2.03. The highest BCUT2D eigenvalue weighted by molar-refractivity contribution is 5.77. The number of hydrogen-bond donors (Lipinski definition) is 0. The molecule has 2 rings (SSSR count). The van der Waals surface area contributed by atoms with Gasteiger partial charge in [0.05, 0.1) is 11.8 Å². The molecule has 68 valence electrons. The molecule has 1 nitrogen and oxygen atoms in total.